The minimum absolute atomic E-state index is 0.173. The molecule has 2 atom stereocenters. The van der Waals surface area contributed by atoms with E-state index in [2.05, 4.69) is 19.2 Å². The summed E-state index contributed by atoms with van der Waals surface area (Å²) >= 11 is 0. The van der Waals surface area contributed by atoms with E-state index in [-0.39, 0.29) is 12.6 Å². The van der Waals surface area contributed by atoms with Gasteiger partial charge in [-0.3, -0.25) is 0 Å². The Morgan fingerprint density at radius 3 is 2.50 bits per heavy atom. The van der Waals surface area contributed by atoms with Crippen LogP contribution in [0.2, 0.25) is 0 Å². The lowest BCUT2D eigenvalue weighted by Crippen LogP contribution is -2.30. The molecule has 16 heavy (non-hydrogen) atoms. The zero-order valence-electron chi connectivity index (χ0n) is 11.2. The third-order valence-electron chi connectivity index (χ3n) is 2.96. The van der Waals surface area contributed by atoms with E-state index in [1.54, 1.807) is 0 Å². The van der Waals surface area contributed by atoms with Crippen LogP contribution in [0.4, 0.5) is 0 Å². The molecule has 0 radical (unpaired) electrons. The molecular weight excluding hydrogens is 202 g/mol. The number of rotatable bonds is 11. The van der Waals surface area contributed by atoms with Crippen molar-refractivity contribution in [2.75, 3.05) is 20.3 Å². The summed E-state index contributed by atoms with van der Waals surface area (Å²) in [4.78, 5) is 0. The third-order valence-corrected chi connectivity index (χ3v) is 2.96. The highest BCUT2D eigenvalue weighted by Gasteiger charge is 2.06. The third kappa shape index (κ3) is 9.13. The fraction of sp³-hybridized carbons (Fsp3) is 1.00. The Kier molecular flexibility index (Phi) is 11.3. The predicted molar refractivity (Wildman–Crippen MR) is 68.7 cm³/mol. The van der Waals surface area contributed by atoms with Crippen LogP contribution >= 0.6 is 0 Å². The van der Waals surface area contributed by atoms with Crippen molar-refractivity contribution >= 4 is 0 Å². The second kappa shape index (κ2) is 11.4. The van der Waals surface area contributed by atoms with E-state index in [9.17, 15) is 0 Å². The van der Waals surface area contributed by atoms with Gasteiger partial charge >= 0.3 is 0 Å². The average molecular weight is 231 g/mol. The highest BCUT2D eigenvalue weighted by Crippen LogP contribution is 2.08. The summed E-state index contributed by atoms with van der Waals surface area (Å²) in [6, 6.07) is 0.173. The highest BCUT2D eigenvalue weighted by atomic mass is 16.5. The molecule has 0 saturated carbocycles. The molecule has 0 bridgehead atoms. The molecule has 2 unspecified atom stereocenters. The maximum atomic E-state index is 8.97. The van der Waals surface area contributed by atoms with Crippen LogP contribution in [-0.2, 0) is 4.74 Å². The van der Waals surface area contributed by atoms with Gasteiger partial charge in [-0.05, 0) is 26.8 Å². The molecule has 0 aliphatic heterocycles. The van der Waals surface area contributed by atoms with Crippen LogP contribution in [0, 0.1) is 0 Å². The lowest BCUT2D eigenvalue weighted by molar-refractivity contribution is 0.0488. The SMILES string of the molecule is CCCCCCC(C)OCCC(CO)NC. The minimum Gasteiger partial charge on any atom is -0.395 e. The van der Waals surface area contributed by atoms with Crippen LogP contribution in [-0.4, -0.2) is 37.5 Å². The molecule has 98 valence electrons. The van der Waals surface area contributed by atoms with Gasteiger partial charge < -0.3 is 15.2 Å². The molecule has 0 aromatic heterocycles. The van der Waals surface area contributed by atoms with Gasteiger partial charge in [-0.1, -0.05) is 32.6 Å². The number of nitrogens with one attached hydrogen (secondary N) is 1. The van der Waals surface area contributed by atoms with E-state index < -0.39 is 0 Å². The summed E-state index contributed by atoms with van der Waals surface area (Å²) in [6.45, 7) is 5.29. The molecular formula is C13H29NO2. The van der Waals surface area contributed by atoms with Crippen molar-refractivity contribution in [2.45, 2.75) is 64.5 Å². The van der Waals surface area contributed by atoms with Gasteiger partial charge in [-0.15, -0.1) is 0 Å². The van der Waals surface area contributed by atoms with Crippen LogP contribution < -0.4 is 5.32 Å². The number of hydrogen-bond acceptors (Lipinski definition) is 3. The zero-order chi connectivity index (χ0) is 12.2. The molecule has 0 amide bonds. The Morgan fingerprint density at radius 2 is 1.94 bits per heavy atom. The summed E-state index contributed by atoms with van der Waals surface area (Å²) in [5, 5.41) is 12.0. The Balaban J connectivity index is 3.32. The minimum atomic E-state index is 0.173. The number of unbranched alkanes of at least 4 members (excludes halogenated alkanes) is 3. The second-order valence-electron chi connectivity index (χ2n) is 4.49. The normalized spacial score (nSPS) is 15.0. The van der Waals surface area contributed by atoms with Crippen LogP contribution in [0.25, 0.3) is 0 Å². The predicted octanol–water partition coefficient (Wildman–Crippen LogP) is 2.33. The monoisotopic (exact) mass is 231 g/mol. The largest absolute Gasteiger partial charge is 0.395 e. The molecule has 0 rings (SSSR count). The van der Waals surface area contributed by atoms with Crippen molar-refractivity contribution in [2.24, 2.45) is 0 Å². The fourth-order valence-electron chi connectivity index (χ4n) is 1.68. The molecule has 0 saturated heterocycles. The maximum absolute atomic E-state index is 8.97. The van der Waals surface area contributed by atoms with Gasteiger partial charge in [0.25, 0.3) is 0 Å². The highest BCUT2D eigenvalue weighted by molar-refractivity contribution is 4.62. The molecule has 0 spiro atoms. The van der Waals surface area contributed by atoms with Crippen molar-refractivity contribution in [3.8, 4) is 0 Å². The Hall–Kier alpha value is -0.120. The van der Waals surface area contributed by atoms with Gasteiger partial charge in [0.15, 0.2) is 0 Å². The van der Waals surface area contributed by atoms with Gasteiger partial charge in [-0.2, -0.15) is 0 Å². The molecule has 0 aromatic rings. The van der Waals surface area contributed by atoms with Gasteiger partial charge in [0.1, 0.15) is 0 Å². The van der Waals surface area contributed by atoms with Gasteiger partial charge in [0.2, 0.25) is 0 Å². The Labute approximate surface area is 101 Å². The first-order chi connectivity index (χ1) is 7.74. The van der Waals surface area contributed by atoms with Crippen molar-refractivity contribution in [3.63, 3.8) is 0 Å². The van der Waals surface area contributed by atoms with E-state index in [4.69, 9.17) is 9.84 Å². The van der Waals surface area contributed by atoms with E-state index in [1.807, 2.05) is 7.05 Å². The van der Waals surface area contributed by atoms with Crippen LogP contribution in [0.15, 0.2) is 0 Å². The van der Waals surface area contributed by atoms with Gasteiger partial charge in [-0.25, -0.2) is 0 Å². The van der Waals surface area contributed by atoms with E-state index in [0.717, 1.165) is 19.4 Å². The number of hydrogen-bond donors (Lipinski definition) is 2. The molecule has 0 aliphatic rings. The van der Waals surface area contributed by atoms with Crippen molar-refractivity contribution in [3.05, 3.63) is 0 Å². The topological polar surface area (TPSA) is 41.5 Å². The van der Waals surface area contributed by atoms with Crippen molar-refractivity contribution in [1.29, 1.82) is 0 Å². The lowest BCUT2D eigenvalue weighted by Gasteiger charge is -2.16. The number of aliphatic hydroxyl groups excluding tert-OH is 1. The van der Waals surface area contributed by atoms with Crippen LogP contribution in [0.3, 0.4) is 0 Å². The first-order valence-electron chi connectivity index (χ1n) is 6.64. The molecule has 0 aliphatic carbocycles. The molecule has 0 heterocycles. The summed E-state index contributed by atoms with van der Waals surface area (Å²) in [5.41, 5.74) is 0. The van der Waals surface area contributed by atoms with E-state index in [0.29, 0.717) is 6.10 Å². The summed E-state index contributed by atoms with van der Waals surface area (Å²) in [6.07, 6.45) is 7.60. The molecule has 0 aromatic carbocycles. The summed E-state index contributed by atoms with van der Waals surface area (Å²) < 4.78 is 5.71. The Morgan fingerprint density at radius 1 is 1.19 bits per heavy atom. The van der Waals surface area contributed by atoms with Gasteiger partial charge in [0, 0.05) is 12.6 Å². The lowest BCUT2D eigenvalue weighted by atomic mass is 10.1. The maximum Gasteiger partial charge on any atom is 0.0585 e. The first kappa shape index (κ1) is 15.9. The molecule has 0 fully saturated rings. The standard InChI is InChI=1S/C13H29NO2/c1-4-5-6-7-8-12(2)16-10-9-13(11-15)14-3/h12-15H,4-11H2,1-3H3. The van der Waals surface area contributed by atoms with Crippen molar-refractivity contribution < 1.29 is 9.84 Å². The first-order valence-corrected chi connectivity index (χ1v) is 6.64. The number of likely N-dealkylation sites (N-methyl/N-ethyl adjacent to an activating group) is 1. The summed E-state index contributed by atoms with van der Waals surface area (Å²) in [5.74, 6) is 0. The molecule has 3 nitrogen and oxygen atoms in total. The second-order valence-corrected chi connectivity index (χ2v) is 4.49. The van der Waals surface area contributed by atoms with Crippen molar-refractivity contribution in [1.82, 2.24) is 5.32 Å². The Bertz CT molecular complexity index is 138. The van der Waals surface area contributed by atoms with Crippen LogP contribution in [0.5, 0.6) is 0 Å². The smallest absolute Gasteiger partial charge is 0.0585 e. The average Bonchev–Trinajstić information content (AvgIpc) is 2.30. The fourth-order valence-corrected chi connectivity index (χ4v) is 1.68. The number of aliphatic hydroxyl groups is 1. The zero-order valence-corrected chi connectivity index (χ0v) is 11.2. The van der Waals surface area contributed by atoms with E-state index in [1.165, 1.54) is 25.7 Å². The quantitative estimate of drug-likeness (QED) is 0.536. The van der Waals surface area contributed by atoms with Crippen LogP contribution in [0.1, 0.15) is 52.4 Å². The molecule has 3 heteroatoms. The van der Waals surface area contributed by atoms with E-state index >= 15 is 0 Å². The molecule has 2 N–H and O–H groups in total. The summed E-state index contributed by atoms with van der Waals surface area (Å²) in [7, 11) is 1.87. The van der Waals surface area contributed by atoms with Gasteiger partial charge in [0.05, 0.1) is 12.7 Å². The number of ether oxygens (including phenoxy) is 1.